The molecule has 1 aliphatic rings. The third-order valence-corrected chi connectivity index (χ3v) is 4.49. The van der Waals surface area contributed by atoms with Gasteiger partial charge in [-0.05, 0) is 37.1 Å². The van der Waals surface area contributed by atoms with Crippen LogP contribution in [0.1, 0.15) is 18.5 Å². The first-order valence-electron chi connectivity index (χ1n) is 8.65. The Morgan fingerprint density at radius 1 is 1.16 bits per heavy atom. The monoisotopic (exact) mass is 335 g/mol. The Hall–Kier alpha value is -2.73. The van der Waals surface area contributed by atoms with Crippen molar-refractivity contribution in [2.75, 3.05) is 18.0 Å². The van der Waals surface area contributed by atoms with E-state index in [0.29, 0.717) is 18.5 Å². The number of benzene rings is 1. The van der Waals surface area contributed by atoms with E-state index in [0.717, 1.165) is 36.6 Å². The van der Waals surface area contributed by atoms with Crippen LogP contribution in [0.2, 0.25) is 0 Å². The van der Waals surface area contributed by atoms with E-state index < -0.39 is 0 Å². The topological polar surface area (TPSA) is 67.1 Å². The number of rotatable bonds is 6. The summed E-state index contributed by atoms with van der Waals surface area (Å²) in [5.41, 5.74) is 1.92. The van der Waals surface area contributed by atoms with E-state index in [1.165, 1.54) is 6.42 Å². The van der Waals surface area contributed by atoms with Crippen molar-refractivity contribution in [1.82, 2.24) is 20.5 Å². The van der Waals surface area contributed by atoms with Gasteiger partial charge in [-0.2, -0.15) is 5.10 Å². The van der Waals surface area contributed by atoms with Crippen molar-refractivity contribution in [3.63, 3.8) is 0 Å². The molecule has 4 rings (SSSR count). The third-order valence-electron chi connectivity index (χ3n) is 4.49. The molecular formula is C19H21N5O. The molecule has 1 fully saturated rings. The van der Waals surface area contributed by atoms with E-state index in [9.17, 15) is 0 Å². The Morgan fingerprint density at radius 3 is 2.92 bits per heavy atom. The van der Waals surface area contributed by atoms with Crippen LogP contribution in [0.25, 0.3) is 11.5 Å². The molecule has 0 aliphatic carbocycles. The molecule has 6 nitrogen and oxygen atoms in total. The highest BCUT2D eigenvalue weighted by atomic mass is 16.3. The molecule has 0 spiro atoms. The number of aromatic nitrogens is 3. The summed E-state index contributed by atoms with van der Waals surface area (Å²) in [7, 11) is 0. The highest BCUT2D eigenvalue weighted by molar-refractivity contribution is 5.52. The summed E-state index contributed by atoms with van der Waals surface area (Å²) in [6.45, 7) is 2.62. The van der Waals surface area contributed by atoms with Gasteiger partial charge in [-0.1, -0.05) is 18.2 Å². The highest BCUT2D eigenvalue weighted by Crippen LogP contribution is 2.22. The summed E-state index contributed by atoms with van der Waals surface area (Å²) in [4.78, 5) is 6.89. The minimum atomic E-state index is 0.442. The average molecular weight is 335 g/mol. The largest absolute Gasteiger partial charge is 0.444 e. The number of oxazole rings is 1. The summed E-state index contributed by atoms with van der Waals surface area (Å²) in [5, 5.41) is 11.7. The van der Waals surface area contributed by atoms with Crippen molar-refractivity contribution in [1.29, 1.82) is 0 Å². The molecule has 1 N–H and O–H groups in total. The van der Waals surface area contributed by atoms with E-state index in [4.69, 9.17) is 4.42 Å². The fourth-order valence-electron chi connectivity index (χ4n) is 3.26. The van der Waals surface area contributed by atoms with Crippen LogP contribution in [0.4, 0.5) is 5.82 Å². The predicted molar refractivity (Wildman–Crippen MR) is 96.0 cm³/mol. The van der Waals surface area contributed by atoms with Gasteiger partial charge in [0.2, 0.25) is 5.89 Å². The second-order valence-electron chi connectivity index (χ2n) is 6.21. The molecule has 0 radical (unpaired) electrons. The number of hydrogen-bond acceptors (Lipinski definition) is 6. The van der Waals surface area contributed by atoms with Gasteiger partial charge in [0.25, 0.3) is 0 Å². The lowest BCUT2D eigenvalue weighted by Gasteiger charge is -2.25. The minimum absolute atomic E-state index is 0.442. The molecule has 3 aromatic rings. The van der Waals surface area contributed by atoms with E-state index in [1.54, 1.807) is 12.5 Å². The van der Waals surface area contributed by atoms with E-state index in [1.807, 2.05) is 42.5 Å². The van der Waals surface area contributed by atoms with Crippen molar-refractivity contribution < 1.29 is 4.42 Å². The molecular weight excluding hydrogens is 314 g/mol. The Bertz CT molecular complexity index is 790. The molecule has 1 aliphatic heterocycles. The second kappa shape index (κ2) is 7.44. The second-order valence-corrected chi connectivity index (χ2v) is 6.21. The summed E-state index contributed by atoms with van der Waals surface area (Å²) >= 11 is 0. The third kappa shape index (κ3) is 3.69. The van der Waals surface area contributed by atoms with Crippen LogP contribution >= 0.6 is 0 Å². The number of hydrogen-bond donors (Lipinski definition) is 1. The van der Waals surface area contributed by atoms with Crippen LogP contribution in [0.5, 0.6) is 0 Å². The van der Waals surface area contributed by atoms with Crippen molar-refractivity contribution in [2.45, 2.75) is 25.4 Å². The van der Waals surface area contributed by atoms with Gasteiger partial charge in [-0.25, -0.2) is 4.98 Å². The molecule has 2 aromatic heterocycles. The van der Waals surface area contributed by atoms with E-state index in [-0.39, 0.29) is 0 Å². The molecule has 3 heterocycles. The predicted octanol–water partition coefficient (Wildman–Crippen LogP) is 2.89. The fourth-order valence-corrected chi connectivity index (χ4v) is 3.26. The Morgan fingerprint density at radius 2 is 2.08 bits per heavy atom. The van der Waals surface area contributed by atoms with Crippen molar-refractivity contribution in [2.24, 2.45) is 0 Å². The summed E-state index contributed by atoms with van der Waals surface area (Å²) in [6.07, 6.45) is 5.79. The van der Waals surface area contributed by atoms with Gasteiger partial charge < -0.3 is 14.6 Å². The number of nitrogens with zero attached hydrogens (tertiary/aromatic N) is 4. The molecule has 128 valence electrons. The molecule has 1 saturated heterocycles. The summed E-state index contributed by atoms with van der Waals surface area (Å²) < 4.78 is 5.58. The molecule has 1 aromatic carbocycles. The Labute approximate surface area is 146 Å². The maximum atomic E-state index is 5.58. The van der Waals surface area contributed by atoms with Crippen LogP contribution in [-0.4, -0.2) is 34.3 Å². The van der Waals surface area contributed by atoms with Gasteiger partial charge in [0.1, 0.15) is 6.26 Å². The van der Waals surface area contributed by atoms with Gasteiger partial charge in [0, 0.05) is 37.4 Å². The molecule has 6 heteroatoms. The van der Waals surface area contributed by atoms with Crippen LogP contribution in [0.3, 0.4) is 0 Å². The normalized spacial score (nSPS) is 17.1. The standard InChI is InChI=1S/C19H21N5O/c1-2-6-15(7-3-1)19-22-16(14-25-19)12-20-13-17-8-5-11-24(17)18-9-4-10-21-23-18/h1-4,6-7,9-10,14,17,20H,5,8,11-13H2/t17-/m0/s1. The van der Waals surface area contributed by atoms with E-state index >= 15 is 0 Å². The van der Waals surface area contributed by atoms with Gasteiger partial charge in [0.05, 0.1) is 5.69 Å². The van der Waals surface area contributed by atoms with Crippen molar-refractivity contribution in [3.05, 3.63) is 60.6 Å². The maximum Gasteiger partial charge on any atom is 0.226 e. The van der Waals surface area contributed by atoms with Crippen LogP contribution in [-0.2, 0) is 6.54 Å². The first kappa shape index (κ1) is 15.8. The first-order valence-corrected chi connectivity index (χ1v) is 8.65. The Kier molecular flexibility index (Phi) is 4.70. The summed E-state index contributed by atoms with van der Waals surface area (Å²) in [5.74, 6) is 1.62. The summed E-state index contributed by atoms with van der Waals surface area (Å²) in [6, 6.07) is 14.4. The van der Waals surface area contributed by atoms with Gasteiger partial charge in [0.15, 0.2) is 5.82 Å². The SMILES string of the molecule is c1ccc(-c2nc(CNC[C@@H]3CCCN3c3cccnn3)co2)cc1. The van der Waals surface area contributed by atoms with Gasteiger partial charge in [-0.15, -0.1) is 5.10 Å². The molecule has 0 saturated carbocycles. The molecule has 0 amide bonds. The molecule has 0 bridgehead atoms. The van der Waals surface area contributed by atoms with Crippen molar-refractivity contribution >= 4 is 5.82 Å². The zero-order chi connectivity index (χ0) is 16.9. The quantitative estimate of drug-likeness (QED) is 0.747. The van der Waals surface area contributed by atoms with Crippen LogP contribution in [0.15, 0.2) is 59.3 Å². The fraction of sp³-hybridized carbons (Fsp3) is 0.316. The van der Waals surface area contributed by atoms with Gasteiger partial charge >= 0.3 is 0 Å². The zero-order valence-electron chi connectivity index (χ0n) is 14.0. The smallest absolute Gasteiger partial charge is 0.226 e. The van der Waals surface area contributed by atoms with Gasteiger partial charge in [-0.3, -0.25) is 0 Å². The Balaban J connectivity index is 1.33. The first-order chi connectivity index (χ1) is 12.4. The number of nitrogens with one attached hydrogen (secondary N) is 1. The van der Waals surface area contributed by atoms with Crippen LogP contribution < -0.4 is 10.2 Å². The maximum absolute atomic E-state index is 5.58. The average Bonchev–Trinajstić information content (AvgIpc) is 3.33. The molecule has 1 atom stereocenters. The van der Waals surface area contributed by atoms with E-state index in [2.05, 4.69) is 25.4 Å². The molecule has 25 heavy (non-hydrogen) atoms. The highest BCUT2D eigenvalue weighted by Gasteiger charge is 2.25. The van der Waals surface area contributed by atoms with Crippen molar-refractivity contribution in [3.8, 4) is 11.5 Å². The minimum Gasteiger partial charge on any atom is -0.444 e. The van der Waals surface area contributed by atoms with Crippen LogP contribution in [0, 0.1) is 0 Å². The lowest BCUT2D eigenvalue weighted by Crippen LogP contribution is -2.38. The lowest BCUT2D eigenvalue weighted by atomic mass is 10.2. The number of anilines is 1. The lowest BCUT2D eigenvalue weighted by molar-refractivity contribution is 0.555. The molecule has 0 unspecified atom stereocenters. The zero-order valence-corrected chi connectivity index (χ0v) is 14.0.